The van der Waals surface area contributed by atoms with Crippen molar-refractivity contribution in [3.05, 3.63) is 35.4 Å². The van der Waals surface area contributed by atoms with E-state index in [0.717, 1.165) is 38.0 Å². The molecular formula is C17H24N2O5. The second-order valence-electron chi connectivity index (χ2n) is 5.65. The first-order valence-corrected chi connectivity index (χ1v) is 8.18. The molecule has 0 saturated carbocycles. The van der Waals surface area contributed by atoms with Gasteiger partial charge in [-0.1, -0.05) is 12.1 Å². The number of rotatable bonds is 8. The predicted molar refractivity (Wildman–Crippen MR) is 88.0 cm³/mol. The Labute approximate surface area is 141 Å². The SMILES string of the molecule is O=C(NCCCOC1CCOCC1)NCc1ccc(C(=O)O)cc1. The Kier molecular flexibility index (Phi) is 7.51. The lowest BCUT2D eigenvalue weighted by Gasteiger charge is -2.22. The van der Waals surface area contributed by atoms with Crippen molar-refractivity contribution < 1.29 is 24.2 Å². The van der Waals surface area contributed by atoms with Crippen molar-refractivity contribution in [1.29, 1.82) is 0 Å². The van der Waals surface area contributed by atoms with Crippen molar-refractivity contribution in [2.24, 2.45) is 0 Å². The number of urea groups is 1. The van der Waals surface area contributed by atoms with Gasteiger partial charge in [0.25, 0.3) is 0 Å². The number of carbonyl (C=O) groups excluding carboxylic acids is 1. The molecule has 0 aromatic heterocycles. The van der Waals surface area contributed by atoms with Crippen LogP contribution in [0.1, 0.15) is 35.2 Å². The van der Waals surface area contributed by atoms with E-state index in [0.29, 0.717) is 19.7 Å². The highest BCUT2D eigenvalue weighted by molar-refractivity contribution is 5.87. The topological polar surface area (TPSA) is 96.9 Å². The van der Waals surface area contributed by atoms with Crippen LogP contribution in [0.15, 0.2) is 24.3 Å². The summed E-state index contributed by atoms with van der Waals surface area (Å²) in [6.45, 7) is 3.05. The molecule has 0 aliphatic carbocycles. The van der Waals surface area contributed by atoms with E-state index in [1.165, 1.54) is 12.1 Å². The van der Waals surface area contributed by atoms with Crippen LogP contribution >= 0.6 is 0 Å². The number of carboxylic acid groups (broad SMARTS) is 1. The molecule has 2 amide bonds. The van der Waals surface area contributed by atoms with Gasteiger partial charge in [-0.05, 0) is 37.0 Å². The number of ether oxygens (including phenoxy) is 2. The lowest BCUT2D eigenvalue weighted by atomic mass is 10.1. The summed E-state index contributed by atoms with van der Waals surface area (Å²) in [6, 6.07) is 6.16. The third-order valence-electron chi connectivity index (χ3n) is 3.78. The maximum absolute atomic E-state index is 11.7. The van der Waals surface area contributed by atoms with Gasteiger partial charge in [0.15, 0.2) is 0 Å². The number of nitrogens with one attached hydrogen (secondary N) is 2. The highest BCUT2D eigenvalue weighted by Gasteiger charge is 2.13. The van der Waals surface area contributed by atoms with E-state index in [9.17, 15) is 9.59 Å². The molecule has 24 heavy (non-hydrogen) atoms. The Morgan fingerprint density at radius 3 is 2.54 bits per heavy atom. The summed E-state index contributed by atoms with van der Waals surface area (Å²) in [5.74, 6) is -0.963. The first kappa shape index (κ1) is 18.2. The normalized spacial score (nSPS) is 15.0. The second kappa shape index (κ2) is 9.89. The van der Waals surface area contributed by atoms with Crippen molar-refractivity contribution >= 4 is 12.0 Å². The third-order valence-corrected chi connectivity index (χ3v) is 3.78. The predicted octanol–water partition coefficient (Wildman–Crippen LogP) is 1.77. The summed E-state index contributed by atoms with van der Waals surface area (Å²) in [4.78, 5) is 22.4. The van der Waals surface area contributed by atoms with Crippen LogP contribution in [0.5, 0.6) is 0 Å². The third kappa shape index (κ3) is 6.55. The minimum Gasteiger partial charge on any atom is -0.478 e. The summed E-state index contributed by atoms with van der Waals surface area (Å²) in [7, 11) is 0. The van der Waals surface area contributed by atoms with Gasteiger partial charge in [0, 0.05) is 32.9 Å². The van der Waals surface area contributed by atoms with Gasteiger partial charge < -0.3 is 25.2 Å². The van der Waals surface area contributed by atoms with Crippen LogP contribution < -0.4 is 10.6 Å². The summed E-state index contributed by atoms with van der Waals surface area (Å²) >= 11 is 0. The van der Waals surface area contributed by atoms with E-state index in [4.69, 9.17) is 14.6 Å². The van der Waals surface area contributed by atoms with Gasteiger partial charge in [0.2, 0.25) is 0 Å². The molecule has 7 heteroatoms. The van der Waals surface area contributed by atoms with Gasteiger partial charge in [-0.2, -0.15) is 0 Å². The fourth-order valence-electron chi connectivity index (χ4n) is 2.38. The van der Waals surface area contributed by atoms with Gasteiger partial charge in [-0.25, -0.2) is 9.59 Å². The van der Waals surface area contributed by atoms with Crippen LogP contribution in [0.25, 0.3) is 0 Å². The van der Waals surface area contributed by atoms with Crippen LogP contribution in [0, 0.1) is 0 Å². The van der Waals surface area contributed by atoms with E-state index in [1.54, 1.807) is 12.1 Å². The molecule has 0 unspecified atom stereocenters. The zero-order valence-electron chi connectivity index (χ0n) is 13.6. The van der Waals surface area contributed by atoms with Crippen LogP contribution in [0.4, 0.5) is 4.79 Å². The molecule has 132 valence electrons. The number of amides is 2. The lowest BCUT2D eigenvalue weighted by Crippen LogP contribution is -2.36. The molecule has 1 saturated heterocycles. The first-order valence-electron chi connectivity index (χ1n) is 8.18. The standard InChI is InChI=1S/C17H24N2O5/c20-16(21)14-4-2-13(3-5-14)12-19-17(22)18-8-1-9-24-15-6-10-23-11-7-15/h2-5,15H,1,6-12H2,(H,20,21)(H2,18,19,22). The number of carbonyl (C=O) groups is 2. The molecule has 1 aliphatic heterocycles. The van der Waals surface area contributed by atoms with E-state index in [-0.39, 0.29) is 17.7 Å². The Balaban J connectivity index is 1.53. The Morgan fingerprint density at radius 2 is 1.88 bits per heavy atom. The van der Waals surface area contributed by atoms with E-state index in [1.807, 2.05) is 0 Å². The van der Waals surface area contributed by atoms with Crippen LogP contribution in [-0.4, -0.2) is 49.6 Å². The molecule has 0 atom stereocenters. The minimum absolute atomic E-state index is 0.229. The molecule has 0 spiro atoms. The van der Waals surface area contributed by atoms with Crippen LogP contribution in [-0.2, 0) is 16.0 Å². The van der Waals surface area contributed by atoms with Crippen LogP contribution in [0.3, 0.4) is 0 Å². The highest BCUT2D eigenvalue weighted by Crippen LogP contribution is 2.10. The molecule has 1 fully saturated rings. The summed E-state index contributed by atoms with van der Waals surface area (Å²) in [5.41, 5.74) is 1.07. The monoisotopic (exact) mass is 336 g/mol. The molecule has 1 heterocycles. The Bertz CT molecular complexity index is 526. The molecule has 2 rings (SSSR count). The number of benzene rings is 1. The highest BCUT2D eigenvalue weighted by atomic mass is 16.5. The molecule has 1 aliphatic rings. The molecule has 1 aromatic carbocycles. The molecule has 0 radical (unpaired) electrons. The zero-order valence-corrected chi connectivity index (χ0v) is 13.6. The first-order chi connectivity index (χ1) is 11.6. The van der Waals surface area contributed by atoms with Crippen LogP contribution in [0.2, 0.25) is 0 Å². The van der Waals surface area contributed by atoms with E-state index < -0.39 is 5.97 Å². The van der Waals surface area contributed by atoms with Crippen molar-refractivity contribution in [2.75, 3.05) is 26.4 Å². The maximum atomic E-state index is 11.7. The van der Waals surface area contributed by atoms with E-state index >= 15 is 0 Å². The molecule has 0 bridgehead atoms. The summed E-state index contributed by atoms with van der Waals surface area (Å²) in [5, 5.41) is 14.3. The molecule has 7 nitrogen and oxygen atoms in total. The van der Waals surface area contributed by atoms with Crippen molar-refractivity contribution in [3.63, 3.8) is 0 Å². The van der Waals surface area contributed by atoms with Gasteiger partial charge in [-0.15, -0.1) is 0 Å². The minimum atomic E-state index is -0.963. The smallest absolute Gasteiger partial charge is 0.335 e. The molecule has 3 N–H and O–H groups in total. The van der Waals surface area contributed by atoms with Gasteiger partial charge >= 0.3 is 12.0 Å². The number of aromatic carboxylic acids is 1. The van der Waals surface area contributed by atoms with Crippen molar-refractivity contribution in [1.82, 2.24) is 10.6 Å². The molecule has 1 aromatic rings. The Morgan fingerprint density at radius 1 is 1.17 bits per heavy atom. The second-order valence-corrected chi connectivity index (χ2v) is 5.65. The average Bonchev–Trinajstić information content (AvgIpc) is 2.61. The average molecular weight is 336 g/mol. The van der Waals surface area contributed by atoms with Gasteiger partial charge in [-0.3, -0.25) is 0 Å². The lowest BCUT2D eigenvalue weighted by molar-refractivity contribution is -0.0320. The largest absolute Gasteiger partial charge is 0.478 e. The maximum Gasteiger partial charge on any atom is 0.335 e. The fourth-order valence-corrected chi connectivity index (χ4v) is 2.38. The number of hydrogen-bond acceptors (Lipinski definition) is 4. The summed E-state index contributed by atoms with van der Waals surface area (Å²) < 4.78 is 11.0. The number of carboxylic acids is 1. The Hall–Kier alpha value is -2.12. The summed E-state index contributed by atoms with van der Waals surface area (Å²) in [6.07, 6.45) is 2.92. The van der Waals surface area contributed by atoms with E-state index in [2.05, 4.69) is 10.6 Å². The van der Waals surface area contributed by atoms with Crippen molar-refractivity contribution in [3.8, 4) is 0 Å². The van der Waals surface area contributed by atoms with Gasteiger partial charge in [0.05, 0.1) is 11.7 Å². The molecular weight excluding hydrogens is 312 g/mol. The quantitative estimate of drug-likeness (QED) is 0.629. The zero-order chi connectivity index (χ0) is 17.2. The van der Waals surface area contributed by atoms with Crippen molar-refractivity contribution in [2.45, 2.75) is 31.9 Å². The number of hydrogen-bond donors (Lipinski definition) is 3. The van der Waals surface area contributed by atoms with Gasteiger partial charge in [0.1, 0.15) is 0 Å². The fraction of sp³-hybridized carbons (Fsp3) is 0.529.